The van der Waals surface area contributed by atoms with Crippen molar-refractivity contribution in [2.75, 3.05) is 4.90 Å². The van der Waals surface area contributed by atoms with Crippen LogP contribution in [0.2, 0.25) is 0 Å². The summed E-state index contributed by atoms with van der Waals surface area (Å²) in [6, 6.07) is 30.1. The van der Waals surface area contributed by atoms with Crippen molar-refractivity contribution in [2.45, 2.75) is 8.65 Å². The van der Waals surface area contributed by atoms with Crippen molar-refractivity contribution < 1.29 is 9.59 Å². The highest BCUT2D eigenvalue weighted by Crippen LogP contribution is 2.70. The van der Waals surface area contributed by atoms with Crippen LogP contribution in [0.15, 0.2) is 91.0 Å². The fourth-order valence-corrected chi connectivity index (χ4v) is 8.54. The maximum Gasteiger partial charge on any atom is 0.239 e. The van der Waals surface area contributed by atoms with E-state index in [-0.39, 0.29) is 11.8 Å². The second-order valence-corrected chi connectivity index (χ2v) is 11.5. The lowest BCUT2D eigenvalue weighted by atomic mass is 9.54. The largest absolute Gasteiger partial charge is 0.274 e. The molecular formula is C28H17Br2NO2. The van der Waals surface area contributed by atoms with Gasteiger partial charge in [-0.15, -0.1) is 0 Å². The molecule has 3 nitrogen and oxygen atoms in total. The predicted molar refractivity (Wildman–Crippen MR) is 136 cm³/mol. The van der Waals surface area contributed by atoms with Gasteiger partial charge < -0.3 is 0 Å². The van der Waals surface area contributed by atoms with Crippen LogP contribution in [0, 0.1) is 11.8 Å². The van der Waals surface area contributed by atoms with Crippen molar-refractivity contribution in [1.82, 2.24) is 0 Å². The monoisotopic (exact) mass is 557 g/mol. The number of hydrogen-bond acceptors (Lipinski definition) is 2. The van der Waals surface area contributed by atoms with Gasteiger partial charge in [0.25, 0.3) is 0 Å². The topological polar surface area (TPSA) is 37.4 Å². The van der Waals surface area contributed by atoms with Gasteiger partial charge in [-0.1, -0.05) is 111 Å². The van der Waals surface area contributed by atoms with E-state index >= 15 is 0 Å². The van der Waals surface area contributed by atoms with Gasteiger partial charge in [-0.05, 0) is 45.2 Å². The van der Waals surface area contributed by atoms with E-state index in [4.69, 9.17) is 0 Å². The molecule has 1 saturated heterocycles. The van der Waals surface area contributed by atoms with E-state index in [2.05, 4.69) is 56.1 Å². The third-order valence-corrected chi connectivity index (χ3v) is 10.3. The number of benzene rings is 4. The highest BCUT2D eigenvalue weighted by atomic mass is 79.9. The molecule has 0 saturated carbocycles. The molecule has 0 radical (unpaired) electrons. The lowest BCUT2D eigenvalue weighted by Gasteiger charge is -2.55. The molecular weight excluding hydrogens is 542 g/mol. The molecule has 1 fully saturated rings. The molecule has 160 valence electrons. The second-order valence-electron chi connectivity index (χ2n) is 9.01. The molecule has 0 N–H and O–H groups in total. The van der Waals surface area contributed by atoms with E-state index in [9.17, 15) is 9.59 Å². The standard InChI is InChI=1S/C28H17Br2NO2/c29-27-19-9-3-4-10-20(19)28(30,22-12-6-5-11-21(22)27)24-23(27)25(32)31(26(24)33)18-14-13-16-7-1-2-8-17(16)15-18/h1-15,23-24H/t23-,24+,27?,28?. The van der Waals surface area contributed by atoms with Crippen molar-refractivity contribution in [3.8, 4) is 0 Å². The Hall–Kier alpha value is -2.76. The van der Waals surface area contributed by atoms with Crippen LogP contribution in [-0.4, -0.2) is 11.8 Å². The Labute approximate surface area is 207 Å². The van der Waals surface area contributed by atoms with Gasteiger partial charge in [0.2, 0.25) is 11.8 Å². The molecule has 3 aliphatic carbocycles. The van der Waals surface area contributed by atoms with Gasteiger partial charge in [0, 0.05) is 0 Å². The summed E-state index contributed by atoms with van der Waals surface area (Å²) in [6.07, 6.45) is 0. The molecule has 0 aromatic heterocycles. The predicted octanol–water partition coefficient (Wildman–Crippen LogP) is 6.25. The van der Waals surface area contributed by atoms with Gasteiger partial charge in [-0.25, -0.2) is 4.90 Å². The van der Waals surface area contributed by atoms with Crippen LogP contribution in [0.25, 0.3) is 10.8 Å². The van der Waals surface area contributed by atoms with Gasteiger partial charge in [0.05, 0.1) is 26.2 Å². The molecule has 8 rings (SSSR count). The van der Waals surface area contributed by atoms with Gasteiger partial charge in [0.1, 0.15) is 0 Å². The van der Waals surface area contributed by atoms with Crippen LogP contribution in [0.3, 0.4) is 0 Å². The van der Waals surface area contributed by atoms with Crippen molar-refractivity contribution in [2.24, 2.45) is 11.8 Å². The number of halogens is 2. The molecule has 2 bridgehead atoms. The first-order valence-electron chi connectivity index (χ1n) is 10.9. The van der Waals surface area contributed by atoms with Crippen LogP contribution in [0.5, 0.6) is 0 Å². The number of amides is 2. The minimum Gasteiger partial charge on any atom is -0.274 e. The smallest absolute Gasteiger partial charge is 0.239 e. The SMILES string of the molecule is O=C1[C@@H]2[C@H](C(=O)N1c1ccc3ccccc3c1)C1(Br)c3ccccc3C2(Br)c2ccccc21. The summed E-state index contributed by atoms with van der Waals surface area (Å²) in [5, 5.41) is 2.08. The summed E-state index contributed by atoms with van der Waals surface area (Å²) in [7, 11) is 0. The maximum atomic E-state index is 14.1. The number of anilines is 1. The Kier molecular flexibility index (Phi) is 3.83. The molecule has 1 aliphatic heterocycles. The number of rotatable bonds is 1. The van der Waals surface area contributed by atoms with Gasteiger partial charge >= 0.3 is 0 Å². The molecule has 1 heterocycles. The lowest BCUT2D eigenvalue weighted by molar-refractivity contribution is -0.122. The highest BCUT2D eigenvalue weighted by molar-refractivity contribution is 9.10. The molecule has 4 aromatic rings. The minimum atomic E-state index is -0.765. The molecule has 2 atom stereocenters. The summed E-state index contributed by atoms with van der Waals surface area (Å²) in [6.45, 7) is 0. The average Bonchev–Trinajstić information content (AvgIpc) is 3.13. The van der Waals surface area contributed by atoms with E-state index in [1.807, 2.05) is 66.7 Å². The molecule has 33 heavy (non-hydrogen) atoms. The number of imide groups is 1. The summed E-state index contributed by atoms with van der Waals surface area (Å²) < 4.78 is -1.53. The van der Waals surface area contributed by atoms with Crippen molar-refractivity contribution in [1.29, 1.82) is 0 Å². The Morgan fingerprint density at radius 2 is 1.00 bits per heavy atom. The Bertz CT molecular complexity index is 1410. The first-order valence-corrected chi connectivity index (χ1v) is 12.5. The third-order valence-electron chi connectivity index (χ3n) is 7.58. The Balaban J connectivity index is 1.49. The van der Waals surface area contributed by atoms with E-state index in [1.165, 1.54) is 4.90 Å². The third kappa shape index (κ3) is 2.20. The minimum absolute atomic E-state index is 0.162. The van der Waals surface area contributed by atoms with E-state index in [1.54, 1.807) is 0 Å². The van der Waals surface area contributed by atoms with Crippen molar-refractivity contribution in [3.05, 3.63) is 113 Å². The first-order chi connectivity index (χ1) is 16.0. The summed E-state index contributed by atoms with van der Waals surface area (Å²) in [5.74, 6) is -1.43. The van der Waals surface area contributed by atoms with Gasteiger partial charge in [-0.3, -0.25) is 9.59 Å². The average molecular weight is 559 g/mol. The first kappa shape index (κ1) is 19.7. The van der Waals surface area contributed by atoms with Gasteiger partial charge in [-0.2, -0.15) is 0 Å². The number of hydrogen-bond donors (Lipinski definition) is 0. The van der Waals surface area contributed by atoms with E-state index < -0.39 is 20.5 Å². The summed E-state index contributed by atoms with van der Waals surface area (Å²) in [4.78, 5) is 29.6. The van der Waals surface area contributed by atoms with Gasteiger partial charge in [0.15, 0.2) is 0 Å². The van der Waals surface area contributed by atoms with Crippen molar-refractivity contribution in [3.63, 3.8) is 0 Å². The molecule has 4 aromatic carbocycles. The number of nitrogens with zero attached hydrogens (tertiary/aromatic N) is 1. The van der Waals surface area contributed by atoms with Crippen LogP contribution < -0.4 is 4.90 Å². The second kappa shape index (κ2) is 6.43. The molecule has 5 heteroatoms. The number of carbonyl (C=O) groups is 2. The normalized spacial score (nSPS) is 29.2. The Morgan fingerprint density at radius 1 is 0.576 bits per heavy atom. The molecule has 2 amide bonds. The Morgan fingerprint density at radius 3 is 1.48 bits per heavy atom. The van der Waals surface area contributed by atoms with E-state index in [0.29, 0.717) is 5.69 Å². The number of carbonyl (C=O) groups excluding carboxylic acids is 2. The quantitative estimate of drug-likeness (QED) is 0.204. The summed E-state index contributed by atoms with van der Waals surface area (Å²) >= 11 is 8.10. The zero-order chi connectivity index (χ0) is 22.5. The maximum absolute atomic E-state index is 14.1. The van der Waals surface area contributed by atoms with Crippen LogP contribution in [0.4, 0.5) is 5.69 Å². The number of alkyl halides is 2. The van der Waals surface area contributed by atoms with Crippen LogP contribution >= 0.6 is 31.9 Å². The molecule has 0 unspecified atom stereocenters. The van der Waals surface area contributed by atoms with Crippen LogP contribution in [-0.2, 0) is 18.2 Å². The zero-order valence-corrected chi connectivity index (χ0v) is 20.5. The van der Waals surface area contributed by atoms with Crippen LogP contribution in [0.1, 0.15) is 22.3 Å². The lowest BCUT2D eigenvalue weighted by Crippen LogP contribution is -2.56. The summed E-state index contributed by atoms with van der Waals surface area (Å²) in [5.41, 5.74) is 4.80. The number of fused-ring (bicyclic) bond motifs is 1. The molecule has 4 aliphatic rings. The highest BCUT2D eigenvalue weighted by Gasteiger charge is 2.72. The van der Waals surface area contributed by atoms with Crippen molar-refractivity contribution >= 4 is 60.1 Å². The van der Waals surface area contributed by atoms with E-state index in [0.717, 1.165) is 33.0 Å². The molecule has 0 spiro atoms. The fraction of sp³-hybridized carbons (Fsp3) is 0.143. The zero-order valence-electron chi connectivity index (χ0n) is 17.3. The fourth-order valence-electron chi connectivity index (χ4n) is 6.24.